The van der Waals surface area contributed by atoms with Gasteiger partial charge in [0.05, 0.1) is 20.4 Å². The smallest absolute Gasteiger partial charge is 0.308 e. The minimum absolute atomic E-state index is 0. The van der Waals surface area contributed by atoms with Gasteiger partial charge in [0.2, 0.25) is 5.75 Å². The number of methoxy groups -OCH3 is 2. The molecule has 0 bridgehead atoms. The average Bonchev–Trinajstić information content (AvgIpc) is 2.89. The molecule has 0 unspecified atom stereocenters. The molecule has 0 atom stereocenters. The lowest BCUT2D eigenvalue weighted by Gasteiger charge is -2.28. The summed E-state index contributed by atoms with van der Waals surface area (Å²) in [6, 6.07) is 35.9. The van der Waals surface area contributed by atoms with Crippen molar-refractivity contribution >= 4 is 29.1 Å². The van der Waals surface area contributed by atoms with Gasteiger partial charge in [-0.1, -0.05) is 54.6 Å². The molecule has 0 aliphatic heterocycles. The normalized spacial score (nSPS) is 10.7. The monoisotopic (exact) mass is 506 g/mol. The first kappa shape index (κ1) is 26.3. The molecule has 0 spiro atoms. The number of hydrogen-bond acceptors (Lipinski definition) is 4. The highest BCUT2D eigenvalue weighted by Gasteiger charge is 2.45. The van der Waals surface area contributed by atoms with E-state index in [1.807, 2.05) is 30.3 Å². The third kappa shape index (κ3) is 5.51. The molecule has 0 amide bonds. The number of benzene rings is 4. The molecule has 4 rings (SSSR count). The maximum absolute atomic E-state index is 11.7. The van der Waals surface area contributed by atoms with Crippen molar-refractivity contribution in [2.45, 2.75) is 13.1 Å². The predicted octanol–water partition coefficient (Wildman–Crippen LogP) is 2.13. The average molecular weight is 507 g/mol. The second-order valence-electron chi connectivity index (χ2n) is 7.90. The molecule has 4 nitrogen and oxygen atoms in total. The molecule has 0 saturated heterocycles. The van der Waals surface area contributed by atoms with Gasteiger partial charge in [-0.15, -0.1) is 0 Å². The fourth-order valence-electron chi connectivity index (χ4n) is 4.31. The first-order valence-electron chi connectivity index (χ1n) is 11.1. The fraction of sp³-hybridized carbons (Fsp3) is 0.138. The van der Waals surface area contributed by atoms with Gasteiger partial charge in [0.15, 0.2) is 11.5 Å². The zero-order valence-electron chi connectivity index (χ0n) is 20.0. The SMILES string of the molecule is COc1cc(C[P+](c2ccccc2)(c2ccccc2)c2ccccc2)cc(OC)c1OC(C)=O.[Cl-]. The zero-order valence-corrected chi connectivity index (χ0v) is 21.6. The zero-order chi connectivity index (χ0) is 24.0. The second kappa shape index (κ2) is 11.9. The van der Waals surface area contributed by atoms with Gasteiger partial charge in [-0.3, -0.25) is 4.79 Å². The summed E-state index contributed by atoms with van der Waals surface area (Å²) in [6.45, 7) is 1.36. The second-order valence-corrected chi connectivity index (χ2v) is 11.4. The lowest BCUT2D eigenvalue weighted by atomic mass is 10.2. The standard InChI is InChI=1S/C29H28O4P.ClH/c1-22(30)33-29-27(31-2)19-23(20-28(29)32-3)21-34(24-13-7-4-8-14-24,25-15-9-5-10-16-25)26-17-11-6-12-18-26;/h4-20H,21H2,1-3H3;1H/q+1;/p-1. The topological polar surface area (TPSA) is 44.8 Å². The van der Waals surface area contributed by atoms with Gasteiger partial charge in [0, 0.05) is 6.92 Å². The maximum atomic E-state index is 11.7. The first-order valence-corrected chi connectivity index (χ1v) is 13.0. The largest absolute Gasteiger partial charge is 1.00 e. The van der Waals surface area contributed by atoms with Gasteiger partial charge in [0.1, 0.15) is 23.2 Å². The van der Waals surface area contributed by atoms with Crippen molar-refractivity contribution in [3.05, 3.63) is 109 Å². The molecule has 0 saturated carbocycles. The summed E-state index contributed by atoms with van der Waals surface area (Å²) >= 11 is 0. The van der Waals surface area contributed by atoms with Crippen molar-refractivity contribution in [2.75, 3.05) is 14.2 Å². The van der Waals surface area contributed by atoms with E-state index in [2.05, 4.69) is 72.8 Å². The highest BCUT2D eigenvalue weighted by Crippen LogP contribution is 2.59. The number of hydrogen-bond donors (Lipinski definition) is 0. The molecular weight excluding hydrogens is 479 g/mol. The van der Waals surface area contributed by atoms with Crippen LogP contribution in [0.5, 0.6) is 17.2 Å². The Morgan fingerprint density at radius 1 is 0.686 bits per heavy atom. The van der Waals surface area contributed by atoms with Gasteiger partial charge in [-0.2, -0.15) is 0 Å². The van der Waals surface area contributed by atoms with Crippen molar-refractivity contribution in [3.63, 3.8) is 0 Å². The molecule has 0 heterocycles. The molecule has 6 heteroatoms. The molecular formula is C29H28ClO4P. The van der Waals surface area contributed by atoms with Crippen LogP contribution in [0.4, 0.5) is 0 Å². The Hall–Kier alpha value is -3.33. The molecule has 0 aliphatic rings. The lowest BCUT2D eigenvalue weighted by Crippen LogP contribution is -3.00. The molecule has 0 radical (unpaired) electrons. The summed E-state index contributed by atoms with van der Waals surface area (Å²) < 4.78 is 16.6. The molecule has 0 N–H and O–H groups in total. The van der Waals surface area contributed by atoms with Crippen LogP contribution in [0.1, 0.15) is 12.5 Å². The Kier molecular flexibility index (Phi) is 8.92. The number of carbonyl (C=O) groups is 1. The van der Waals surface area contributed by atoms with Crippen LogP contribution in [0, 0.1) is 0 Å². The summed E-state index contributed by atoms with van der Waals surface area (Å²) in [5.41, 5.74) is 1.04. The Labute approximate surface area is 213 Å². The van der Waals surface area contributed by atoms with Gasteiger partial charge >= 0.3 is 5.97 Å². The van der Waals surface area contributed by atoms with Crippen LogP contribution in [0.15, 0.2) is 103 Å². The predicted molar refractivity (Wildman–Crippen MR) is 140 cm³/mol. The van der Waals surface area contributed by atoms with Crippen LogP contribution in [0.25, 0.3) is 0 Å². The summed E-state index contributed by atoms with van der Waals surface area (Å²) in [5, 5.41) is 3.86. The molecule has 4 aromatic carbocycles. The Morgan fingerprint density at radius 2 is 1.06 bits per heavy atom. The Bertz CT molecular complexity index is 1130. The highest BCUT2D eigenvalue weighted by atomic mass is 35.5. The van der Waals surface area contributed by atoms with E-state index in [0.29, 0.717) is 17.2 Å². The van der Waals surface area contributed by atoms with Crippen LogP contribution in [0.2, 0.25) is 0 Å². The first-order chi connectivity index (χ1) is 16.6. The number of carbonyl (C=O) groups excluding carboxylic acids is 1. The van der Waals surface area contributed by atoms with Crippen molar-refractivity contribution in [3.8, 4) is 17.2 Å². The molecule has 0 aliphatic carbocycles. The van der Waals surface area contributed by atoms with E-state index in [1.54, 1.807) is 14.2 Å². The van der Waals surface area contributed by atoms with Crippen molar-refractivity contribution in [1.82, 2.24) is 0 Å². The van der Waals surface area contributed by atoms with Crippen LogP contribution in [-0.2, 0) is 11.0 Å². The number of ether oxygens (including phenoxy) is 3. The van der Waals surface area contributed by atoms with E-state index >= 15 is 0 Å². The summed E-state index contributed by atoms with van der Waals surface area (Å²) in [4.78, 5) is 11.7. The van der Waals surface area contributed by atoms with E-state index in [1.165, 1.54) is 22.8 Å². The third-order valence-electron chi connectivity index (χ3n) is 5.78. The van der Waals surface area contributed by atoms with Crippen molar-refractivity contribution < 1.29 is 31.4 Å². The van der Waals surface area contributed by atoms with Crippen LogP contribution in [-0.4, -0.2) is 20.2 Å². The fourth-order valence-corrected chi connectivity index (χ4v) is 8.53. The number of halogens is 1. The maximum Gasteiger partial charge on any atom is 0.308 e. The third-order valence-corrected chi connectivity index (χ3v) is 10.2. The van der Waals surface area contributed by atoms with E-state index in [0.717, 1.165) is 11.7 Å². The minimum atomic E-state index is -2.10. The molecule has 0 aromatic heterocycles. The summed E-state index contributed by atoms with van der Waals surface area (Å²) in [7, 11) is 1.04. The number of rotatable bonds is 8. The molecule has 35 heavy (non-hydrogen) atoms. The Morgan fingerprint density at radius 3 is 1.37 bits per heavy atom. The van der Waals surface area contributed by atoms with Gasteiger partial charge < -0.3 is 26.6 Å². The van der Waals surface area contributed by atoms with Crippen LogP contribution >= 0.6 is 7.26 Å². The minimum Gasteiger partial charge on any atom is -1.00 e. The van der Waals surface area contributed by atoms with E-state index in [9.17, 15) is 4.79 Å². The molecule has 180 valence electrons. The van der Waals surface area contributed by atoms with Gasteiger partial charge in [-0.25, -0.2) is 0 Å². The lowest BCUT2D eigenvalue weighted by molar-refractivity contribution is -0.132. The van der Waals surface area contributed by atoms with Gasteiger partial charge in [0.25, 0.3) is 0 Å². The van der Waals surface area contributed by atoms with Gasteiger partial charge in [-0.05, 0) is 54.1 Å². The van der Waals surface area contributed by atoms with Crippen molar-refractivity contribution in [2.24, 2.45) is 0 Å². The number of esters is 1. The Balaban J connectivity index is 0.00000342. The van der Waals surface area contributed by atoms with E-state index in [4.69, 9.17) is 14.2 Å². The van der Waals surface area contributed by atoms with E-state index in [-0.39, 0.29) is 12.4 Å². The quantitative estimate of drug-likeness (QED) is 0.209. The highest BCUT2D eigenvalue weighted by molar-refractivity contribution is 7.95. The molecule has 4 aromatic rings. The van der Waals surface area contributed by atoms with Crippen molar-refractivity contribution in [1.29, 1.82) is 0 Å². The van der Waals surface area contributed by atoms with Crippen LogP contribution < -0.4 is 42.5 Å². The summed E-state index contributed by atoms with van der Waals surface area (Å²) in [6.07, 6.45) is 0.748. The van der Waals surface area contributed by atoms with E-state index < -0.39 is 13.2 Å². The summed E-state index contributed by atoms with van der Waals surface area (Å²) in [5.74, 6) is 0.807. The van der Waals surface area contributed by atoms with Crippen LogP contribution in [0.3, 0.4) is 0 Å². The molecule has 0 fully saturated rings.